The summed E-state index contributed by atoms with van der Waals surface area (Å²) in [6.45, 7) is 3.60. The molecule has 0 aliphatic rings. The molecule has 7 heteroatoms. The number of carbonyl (C=O) groups excluding carboxylic acids is 1. The molecular weight excluding hydrogens is 302 g/mol. The number of halogens is 1. The first-order valence-electron chi connectivity index (χ1n) is 5.23. The number of carbonyl (C=O) groups is 1. The summed E-state index contributed by atoms with van der Waals surface area (Å²) >= 11 is 3.08. The Kier molecular flexibility index (Phi) is 4.42. The number of anilines is 1. The molecule has 0 bridgehead atoms. The van der Waals surface area contributed by atoms with Crippen LogP contribution >= 0.6 is 15.9 Å². The van der Waals surface area contributed by atoms with Crippen molar-refractivity contribution in [3.05, 3.63) is 32.8 Å². The fraction of sp³-hybridized carbons (Fsp3) is 0.364. The lowest BCUT2D eigenvalue weighted by molar-refractivity contribution is -0.385. The van der Waals surface area contributed by atoms with Crippen molar-refractivity contribution in [3.8, 4) is 0 Å². The van der Waals surface area contributed by atoms with E-state index in [4.69, 9.17) is 5.73 Å². The Morgan fingerprint density at radius 2 is 2.17 bits per heavy atom. The lowest BCUT2D eigenvalue weighted by Crippen LogP contribution is -2.37. The second-order valence-electron chi connectivity index (χ2n) is 4.47. The van der Waals surface area contributed by atoms with Crippen LogP contribution in [0.25, 0.3) is 0 Å². The Morgan fingerprint density at radius 3 is 2.67 bits per heavy atom. The molecule has 0 spiro atoms. The van der Waals surface area contributed by atoms with Crippen LogP contribution in [0.15, 0.2) is 22.7 Å². The van der Waals surface area contributed by atoms with Crippen molar-refractivity contribution in [1.29, 1.82) is 0 Å². The molecule has 1 aromatic rings. The second-order valence-corrected chi connectivity index (χ2v) is 5.32. The van der Waals surface area contributed by atoms with E-state index in [2.05, 4.69) is 21.2 Å². The number of nitrogens with two attached hydrogens (primary N) is 1. The van der Waals surface area contributed by atoms with Crippen molar-refractivity contribution in [2.24, 2.45) is 11.1 Å². The minimum absolute atomic E-state index is 0.0987. The van der Waals surface area contributed by atoms with Gasteiger partial charge >= 0.3 is 0 Å². The van der Waals surface area contributed by atoms with Gasteiger partial charge in [-0.2, -0.15) is 0 Å². The SMILES string of the molecule is CC(C)(CN)C(=O)Nc1ccc(Br)c([N+](=O)[O-])c1. The summed E-state index contributed by atoms with van der Waals surface area (Å²) in [5.41, 5.74) is 5.04. The van der Waals surface area contributed by atoms with E-state index in [1.807, 2.05) is 0 Å². The van der Waals surface area contributed by atoms with Gasteiger partial charge in [0.05, 0.1) is 14.8 Å². The molecule has 18 heavy (non-hydrogen) atoms. The number of amides is 1. The fourth-order valence-corrected chi connectivity index (χ4v) is 1.51. The number of hydrogen-bond donors (Lipinski definition) is 2. The van der Waals surface area contributed by atoms with Crippen molar-refractivity contribution in [3.63, 3.8) is 0 Å². The Balaban J connectivity index is 2.96. The first-order chi connectivity index (χ1) is 8.27. The summed E-state index contributed by atoms with van der Waals surface area (Å²) in [5, 5.41) is 13.4. The molecule has 0 fully saturated rings. The Bertz CT molecular complexity index is 488. The molecule has 1 amide bonds. The third-order valence-electron chi connectivity index (χ3n) is 2.53. The monoisotopic (exact) mass is 315 g/mol. The minimum Gasteiger partial charge on any atom is -0.329 e. The molecule has 0 aromatic heterocycles. The average molecular weight is 316 g/mol. The summed E-state index contributed by atoms with van der Waals surface area (Å²) in [7, 11) is 0. The first-order valence-corrected chi connectivity index (χ1v) is 6.02. The summed E-state index contributed by atoms with van der Waals surface area (Å²) < 4.78 is 0.364. The predicted octanol–water partition coefficient (Wildman–Crippen LogP) is 2.28. The molecule has 0 heterocycles. The summed E-state index contributed by atoms with van der Waals surface area (Å²) in [6.07, 6.45) is 0. The molecule has 0 saturated carbocycles. The van der Waals surface area contributed by atoms with Crippen molar-refractivity contribution in [2.45, 2.75) is 13.8 Å². The van der Waals surface area contributed by atoms with E-state index in [0.717, 1.165) is 0 Å². The van der Waals surface area contributed by atoms with Crippen LogP contribution in [0.5, 0.6) is 0 Å². The normalized spacial score (nSPS) is 11.1. The number of nitro benzene ring substituents is 1. The smallest absolute Gasteiger partial charge is 0.285 e. The van der Waals surface area contributed by atoms with E-state index >= 15 is 0 Å². The summed E-state index contributed by atoms with van der Waals surface area (Å²) in [6, 6.07) is 4.40. The zero-order valence-corrected chi connectivity index (χ0v) is 11.7. The van der Waals surface area contributed by atoms with Gasteiger partial charge in [-0.3, -0.25) is 14.9 Å². The highest BCUT2D eigenvalue weighted by atomic mass is 79.9. The van der Waals surface area contributed by atoms with E-state index in [1.165, 1.54) is 12.1 Å². The van der Waals surface area contributed by atoms with E-state index in [-0.39, 0.29) is 18.1 Å². The van der Waals surface area contributed by atoms with Crippen LogP contribution in [-0.2, 0) is 4.79 Å². The first kappa shape index (κ1) is 14.6. The highest BCUT2D eigenvalue weighted by molar-refractivity contribution is 9.10. The fourth-order valence-electron chi connectivity index (χ4n) is 1.12. The van der Waals surface area contributed by atoms with Gasteiger partial charge < -0.3 is 11.1 Å². The molecule has 6 nitrogen and oxygen atoms in total. The molecular formula is C11H14BrN3O3. The Hall–Kier alpha value is -1.47. The van der Waals surface area contributed by atoms with Gasteiger partial charge in [0.15, 0.2) is 0 Å². The van der Waals surface area contributed by atoms with Gasteiger partial charge in [-0.15, -0.1) is 0 Å². The molecule has 1 rings (SSSR count). The van der Waals surface area contributed by atoms with Gasteiger partial charge in [-0.25, -0.2) is 0 Å². The minimum atomic E-state index is -0.720. The summed E-state index contributed by atoms with van der Waals surface area (Å²) in [5.74, 6) is -0.276. The van der Waals surface area contributed by atoms with E-state index < -0.39 is 10.3 Å². The van der Waals surface area contributed by atoms with Gasteiger partial charge in [0.25, 0.3) is 5.69 Å². The van der Waals surface area contributed by atoms with E-state index in [9.17, 15) is 14.9 Å². The van der Waals surface area contributed by atoms with Crippen LogP contribution in [0.1, 0.15) is 13.8 Å². The molecule has 1 aromatic carbocycles. The van der Waals surface area contributed by atoms with Gasteiger partial charge in [-0.1, -0.05) is 0 Å². The predicted molar refractivity (Wildman–Crippen MR) is 72.3 cm³/mol. The van der Waals surface area contributed by atoms with Crippen LogP contribution in [0.3, 0.4) is 0 Å². The van der Waals surface area contributed by atoms with Crippen LogP contribution in [0.4, 0.5) is 11.4 Å². The van der Waals surface area contributed by atoms with Gasteiger partial charge in [0, 0.05) is 18.3 Å². The number of nitro groups is 1. The number of rotatable bonds is 4. The van der Waals surface area contributed by atoms with Gasteiger partial charge in [0.1, 0.15) is 0 Å². The molecule has 0 aliphatic carbocycles. The standard InChI is InChI=1S/C11H14BrN3O3/c1-11(2,6-13)10(16)14-7-3-4-8(12)9(5-7)15(17)18/h3-5H,6,13H2,1-2H3,(H,14,16). The van der Waals surface area contributed by atoms with Crippen LogP contribution in [0, 0.1) is 15.5 Å². The van der Waals surface area contributed by atoms with Crippen LogP contribution in [0.2, 0.25) is 0 Å². The maximum absolute atomic E-state index is 11.9. The van der Waals surface area contributed by atoms with Crippen molar-refractivity contribution >= 4 is 33.2 Å². The Morgan fingerprint density at radius 1 is 1.56 bits per heavy atom. The molecule has 0 unspecified atom stereocenters. The lowest BCUT2D eigenvalue weighted by atomic mass is 9.92. The van der Waals surface area contributed by atoms with E-state index in [0.29, 0.717) is 10.2 Å². The lowest BCUT2D eigenvalue weighted by Gasteiger charge is -2.21. The maximum Gasteiger partial charge on any atom is 0.285 e. The second kappa shape index (κ2) is 5.45. The molecule has 0 saturated heterocycles. The highest BCUT2D eigenvalue weighted by Crippen LogP contribution is 2.28. The van der Waals surface area contributed by atoms with Gasteiger partial charge in [-0.05, 0) is 41.9 Å². The third kappa shape index (κ3) is 3.27. The average Bonchev–Trinajstić information content (AvgIpc) is 2.31. The van der Waals surface area contributed by atoms with Crippen molar-refractivity contribution in [2.75, 3.05) is 11.9 Å². The van der Waals surface area contributed by atoms with Crippen molar-refractivity contribution < 1.29 is 9.72 Å². The van der Waals surface area contributed by atoms with Crippen LogP contribution in [-0.4, -0.2) is 17.4 Å². The van der Waals surface area contributed by atoms with Crippen LogP contribution < -0.4 is 11.1 Å². The van der Waals surface area contributed by atoms with E-state index in [1.54, 1.807) is 19.9 Å². The number of hydrogen-bond acceptors (Lipinski definition) is 4. The topological polar surface area (TPSA) is 98.3 Å². The number of nitrogens with one attached hydrogen (secondary N) is 1. The molecule has 0 radical (unpaired) electrons. The summed E-state index contributed by atoms with van der Waals surface area (Å²) in [4.78, 5) is 22.1. The molecule has 98 valence electrons. The highest BCUT2D eigenvalue weighted by Gasteiger charge is 2.26. The van der Waals surface area contributed by atoms with Gasteiger partial charge in [0.2, 0.25) is 5.91 Å². The van der Waals surface area contributed by atoms with Crippen molar-refractivity contribution in [1.82, 2.24) is 0 Å². The Labute approximate surface area is 113 Å². The number of benzene rings is 1. The molecule has 0 aliphatic heterocycles. The number of nitrogens with zero attached hydrogens (tertiary/aromatic N) is 1. The zero-order chi connectivity index (χ0) is 13.9. The molecule has 3 N–H and O–H groups in total. The zero-order valence-electron chi connectivity index (χ0n) is 10.1. The largest absolute Gasteiger partial charge is 0.329 e. The molecule has 0 atom stereocenters. The quantitative estimate of drug-likeness (QED) is 0.657. The maximum atomic E-state index is 11.9. The third-order valence-corrected chi connectivity index (χ3v) is 3.20.